The lowest BCUT2D eigenvalue weighted by Gasteiger charge is -2.27. The number of hydrogen-bond acceptors (Lipinski definition) is 5. The molecule has 3 aromatic rings. The lowest BCUT2D eigenvalue weighted by Crippen LogP contribution is -2.40. The molecule has 0 N–H and O–H groups in total. The van der Waals surface area contributed by atoms with Crippen LogP contribution in [0.15, 0.2) is 72.9 Å². The number of ether oxygens (including phenoxy) is 2. The highest BCUT2D eigenvalue weighted by Gasteiger charge is 2.22. The van der Waals surface area contributed by atoms with Gasteiger partial charge in [-0.1, -0.05) is 42.5 Å². The number of aryl methyl sites for hydroxylation is 1. The van der Waals surface area contributed by atoms with Gasteiger partial charge in [0.05, 0.1) is 0 Å². The molecule has 0 saturated heterocycles. The standard InChI is InChI=1S/C27H31N3O3/c1-2-30-19-18-29(17-9-12-22-10-4-3-5-11-22)20-21-32-24-14-6-7-15-25(24)33-26-23(27(30)31)13-8-16-28-26/h3-8,10-11,13-16H,2,9,12,17-21H2,1H3. The van der Waals surface area contributed by atoms with Crippen LogP contribution in [0.1, 0.15) is 29.3 Å². The summed E-state index contributed by atoms with van der Waals surface area (Å²) in [5.41, 5.74) is 1.81. The van der Waals surface area contributed by atoms with Gasteiger partial charge in [0.2, 0.25) is 5.88 Å². The van der Waals surface area contributed by atoms with Crippen molar-refractivity contribution in [2.75, 3.05) is 39.3 Å². The number of likely N-dealkylation sites (N-methyl/N-ethyl adjacent to an activating group) is 1. The topological polar surface area (TPSA) is 54.9 Å². The molecule has 0 saturated carbocycles. The monoisotopic (exact) mass is 445 g/mol. The summed E-state index contributed by atoms with van der Waals surface area (Å²) in [6.07, 6.45) is 3.72. The number of nitrogens with zero attached hydrogens (tertiary/aromatic N) is 3. The van der Waals surface area contributed by atoms with Gasteiger partial charge in [-0.05, 0) is 56.1 Å². The Morgan fingerprint density at radius 1 is 0.909 bits per heavy atom. The summed E-state index contributed by atoms with van der Waals surface area (Å²) in [6, 6.07) is 21.6. The smallest absolute Gasteiger partial charge is 0.259 e. The third-order valence-corrected chi connectivity index (χ3v) is 5.86. The number of carbonyl (C=O) groups is 1. The molecular weight excluding hydrogens is 414 g/mol. The van der Waals surface area contributed by atoms with Crippen molar-refractivity contribution in [3.63, 3.8) is 0 Å². The minimum absolute atomic E-state index is 0.0671. The van der Waals surface area contributed by atoms with Crippen molar-refractivity contribution >= 4 is 5.91 Å². The van der Waals surface area contributed by atoms with Crippen molar-refractivity contribution in [3.8, 4) is 17.4 Å². The number of carbonyl (C=O) groups excluding carboxylic acids is 1. The van der Waals surface area contributed by atoms with E-state index < -0.39 is 0 Å². The van der Waals surface area contributed by atoms with Crippen molar-refractivity contribution in [2.24, 2.45) is 0 Å². The number of rotatable bonds is 5. The number of pyridine rings is 1. The Labute approximate surface area is 195 Å². The molecule has 0 radical (unpaired) electrons. The van der Waals surface area contributed by atoms with E-state index in [4.69, 9.17) is 9.47 Å². The van der Waals surface area contributed by atoms with Crippen LogP contribution in [0.3, 0.4) is 0 Å². The predicted molar refractivity (Wildman–Crippen MR) is 129 cm³/mol. The van der Waals surface area contributed by atoms with Crippen LogP contribution in [-0.4, -0.2) is 60.0 Å². The largest absolute Gasteiger partial charge is 0.488 e. The van der Waals surface area contributed by atoms with E-state index in [1.807, 2.05) is 42.2 Å². The minimum Gasteiger partial charge on any atom is -0.488 e. The second-order valence-corrected chi connectivity index (χ2v) is 8.07. The quantitative estimate of drug-likeness (QED) is 0.572. The van der Waals surface area contributed by atoms with Gasteiger partial charge in [0.1, 0.15) is 12.2 Å². The molecule has 0 aliphatic carbocycles. The predicted octanol–water partition coefficient (Wildman–Crippen LogP) is 4.66. The molecule has 1 amide bonds. The highest BCUT2D eigenvalue weighted by molar-refractivity contribution is 5.96. The molecule has 0 fully saturated rings. The molecule has 2 heterocycles. The minimum atomic E-state index is -0.0671. The number of benzene rings is 2. The number of hydrogen-bond donors (Lipinski definition) is 0. The number of aromatic nitrogens is 1. The Bertz CT molecular complexity index is 1040. The maximum Gasteiger partial charge on any atom is 0.259 e. The van der Waals surface area contributed by atoms with Gasteiger partial charge < -0.3 is 14.4 Å². The van der Waals surface area contributed by atoms with Gasteiger partial charge in [-0.3, -0.25) is 9.69 Å². The van der Waals surface area contributed by atoms with Gasteiger partial charge in [-0.2, -0.15) is 0 Å². The van der Waals surface area contributed by atoms with E-state index >= 15 is 0 Å². The first-order valence-electron chi connectivity index (χ1n) is 11.6. The van der Waals surface area contributed by atoms with E-state index in [-0.39, 0.29) is 5.91 Å². The van der Waals surface area contributed by atoms with Gasteiger partial charge in [0, 0.05) is 32.4 Å². The van der Waals surface area contributed by atoms with Crippen LogP contribution < -0.4 is 9.47 Å². The van der Waals surface area contributed by atoms with E-state index in [0.29, 0.717) is 42.6 Å². The molecule has 4 rings (SSSR count). The summed E-state index contributed by atoms with van der Waals surface area (Å²) >= 11 is 0. The fourth-order valence-electron chi connectivity index (χ4n) is 4.00. The first-order chi connectivity index (χ1) is 16.2. The highest BCUT2D eigenvalue weighted by atomic mass is 16.5. The van der Waals surface area contributed by atoms with Crippen molar-refractivity contribution in [2.45, 2.75) is 19.8 Å². The zero-order chi connectivity index (χ0) is 22.9. The SMILES string of the molecule is CCN1CCN(CCCc2ccccc2)CCOc2ccccc2Oc2ncccc2C1=O. The summed E-state index contributed by atoms with van der Waals surface area (Å²) in [5.74, 6) is 1.44. The summed E-state index contributed by atoms with van der Waals surface area (Å²) in [4.78, 5) is 21.9. The third kappa shape index (κ3) is 6.11. The van der Waals surface area contributed by atoms with Crippen molar-refractivity contribution in [3.05, 3.63) is 84.1 Å². The van der Waals surface area contributed by atoms with Crippen LogP contribution in [0.4, 0.5) is 0 Å². The second kappa shape index (κ2) is 11.5. The summed E-state index contributed by atoms with van der Waals surface area (Å²) in [7, 11) is 0. The molecule has 1 aliphatic rings. The average Bonchev–Trinajstić information content (AvgIpc) is 2.86. The zero-order valence-electron chi connectivity index (χ0n) is 19.2. The molecule has 6 heteroatoms. The Balaban J connectivity index is 1.53. The Morgan fingerprint density at radius 3 is 2.52 bits per heavy atom. The van der Waals surface area contributed by atoms with Crippen LogP contribution in [0.2, 0.25) is 0 Å². The molecule has 33 heavy (non-hydrogen) atoms. The van der Waals surface area contributed by atoms with Crippen molar-refractivity contribution in [1.82, 2.24) is 14.8 Å². The van der Waals surface area contributed by atoms with Crippen LogP contribution in [0.5, 0.6) is 17.4 Å². The van der Waals surface area contributed by atoms with E-state index in [9.17, 15) is 4.79 Å². The molecular formula is C27H31N3O3. The second-order valence-electron chi connectivity index (χ2n) is 8.07. The lowest BCUT2D eigenvalue weighted by atomic mass is 10.1. The number of para-hydroxylation sites is 2. The summed E-state index contributed by atoms with van der Waals surface area (Å²) in [5, 5.41) is 0. The molecule has 0 unspecified atom stereocenters. The van der Waals surface area contributed by atoms with Crippen LogP contribution in [-0.2, 0) is 6.42 Å². The number of amides is 1. The van der Waals surface area contributed by atoms with Crippen molar-refractivity contribution in [1.29, 1.82) is 0 Å². The molecule has 6 nitrogen and oxygen atoms in total. The summed E-state index contributed by atoms with van der Waals surface area (Å²) in [6.45, 7) is 6.32. The fourth-order valence-corrected chi connectivity index (χ4v) is 4.00. The van der Waals surface area contributed by atoms with E-state index in [1.165, 1.54) is 5.56 Å². The molecule has 1 aromatic heterocycles. The van der Waals surface area contributed by atoms with Gasteiger partial charge in [-0.25, -0.2) is 4.98 Å². The van der Waals surface area contributed by atoms with Crippen molar-refractivity contribution < 1.29 is 14.3 Å². The Hall–Kier alpha value is -3.38. The third-order valence-electron chi connectivity index (χ3n) is 5.86. The van der Waals surface area contributed by atoms with Gasteiger partial charge in [0.25, 0.3) is 5.91 Å². The molecule has 1 aliphatic heterocycles. The highest BCUT2D eigenvalue weighted by Crippen LogP contribution is 2.32. The summed E-state index contributed by atoms with van der Waals surface area (Å²) < 4.78 is 12.2. The zero-order valence-corrected chi connectivity index (χ0v) is 19.2. The van der Waals surface area contributed by atoms with Gasteiger partial charge in [0.15, 0.2) is 11.5 Å². The maximum atomic E-state index is 13.3. The Morgan fingerprint density at radius 2 is 1.70 bits per heavy atom. The fraction of sp³-hybridized carbons (Fsp3) is 0.333. The Kier molecular flexibility index (Phi) is 7.93. The lowest BCUT2D eigenvalue weighted by molar-refractivity contribution is 0.0738. The van der Waals surface area contributed by atoms with Crippen LogP contribution >= 0.6 is 0 Å². The number of fused-ring (bicyclic) bond motifs is 2. The maximum absolute atomic E-state index is 13.3. The van der Waals surface area contributed by atoms with Crippen LogP contribution in [0.25, 0.3) is 0 Å². The first kappa shape index (κ1) is 22.8. The van der Waals surface area contributed by atoms with E-state index in [0.717, 1.165) is 32.5 Å². The normalized spacial score (nSPS) is 15.2. The molecule has 172 valence electrons. The molecule has 0 spiro atoms. The van der Waals surface area contributed by atoms with Gasteiger partial charge in [-0.15, -0.1) is 0 Å². The molecule has 0 atom stereocenters. The first-order valence-corrected chi connectivity index (χ1v) is 11.6. The van der Waals surface area contributed by atoms with Crippen LogP contribution in [0, 0.1) is 0 Å². The van der Waals surface area contributed by atoms with Gasteiger partial charge >= 0.3 is 0 Å². The molecule has 0 bridgehead atoms. The average molecular weight is 446 g/mol. The molecule has 2 aromatic carbocycles. The van der Waals surface area contributed by atoms with E-state index in [1.54, 1.807) is 18.3 Å². The van der Waals surface area contributed by atoms with E-state index in [2.05, 4.69) is 34.1 Å².